The minimum absolute atomic E-state index is 0.254. The summed E-state index contributed by atoms with van der Waals surface area (Å²) >= 11 is 5.93. The maximum Gasteiger partial charge on any atom is 0.255 e. The van der Waals surface area contributed by atoms with Gasteiger partial charge in [-0.05, 0) is 35.9 Å². The fourth-order valence-electron chi connectivity index (χ4n) is 2.49. The van der Waals surface area contributed by atoms with E-state index in [0.29, 0.717) is 28.4 Å². The molecule has 3 aromatic carbocycles. The lowest BCUT2D eigenvalue weighted by Gasteiger charge is -2.12. The van der Waals surface area contributed by atoms with Gasteiger partial charge < -0.3 is 10.6 Å². The first-order valence-electron chi connectivity index (χ1n) is 8.11. The number of carbonyl (C=O) groups is 2. The SMILES string of the molecule is O=C(Nc1ccccc1C(=O)NCc1ccccc1)c1cccc(Cl)c1. The highest BCUT2D eigenvalue weighted by molar-refractivity contribution is 6.31. The van der Waals surface area contributed by atoms with Crippen LogP contribution in [0.4, 0.5) is 5.69 Å². The van der Waals surface area contributed by atoms with E-state index >= 15 is 0 Å². The number of para-hydroxylation sites is 1. The van der Waals surface area contributed by atoms with Gasteiger partial charge in [0.2, 0.25) is 0 Å². The van der Waals surface area contributed by atoms with Gasteiger partial charge in [0.25, 0.3) is 11.8 Å². The van der Waals surface area contributed by atoms with E-state index in [2.05, 4.69) is 10.6 Å². The van der Waals surface area contributed by atoms with Gasteiger partial charge in [-0.1, -0.05) is 60.1 Å². The van der Waals surface area contributed by atoms with Gasteiger partial charge in [0.1, 0.15) is 0 Å². The van der Waals surface area contributed by atoms with E-state index in [9.17, 15) is 9.59 Å². The van der Waals surface area contributed by atoms with Crippen molar-refractivity contribution in [3.8, 4) is 0 Å². The minimum atomic E-state index is -0.323. The Morgan fingerprint density at radius 3 is 2.31 bits per heavy atom. The molecule has 0 saturated heterocycles. The molecule has 0 spiro atoms. The van der Waals surface area contributed by atoms with Crippen molar-refractivity contribution in [2.24, 2.45) is 0 Å². The van der Waals surface area contributed by atoms with Gasteiger partial charge in [0.05, 0.1) is 11.3 Å². The molecule has 4 nitrogen and oxygen atoms in total. The molecule has 2 amide bonds. The zero-order valence-corrected chi connectivity index (χ0v) is 14.7. The van der Waals surface area contributed by atoms with Crippen LogP contribution in [-0.2, 0) is 6.54 Å². The van der Waals surface area contributed by atoms with E-state index in [-0.39, 0.29) is 11.8 Å². The summed E-state index contributed by atoms with van der Waals surface area (Å²) in [5.74, 6) is -0.577. The van der Waals surface area contributed by atoms with Crippen LogP contribution in [0.2, 0.25) is 5.02 Å². The number of rotatable bonds is 5. The number of anilines is 1. The smallest absolute Gasteiger partial charge is 0.255 e. The second-order valence-electron chi connectivity index (χ2n) is 5.68. The fraction of sp³-hybridized carbons (Fsp3) is 0.0476. The van der Waals surface area contributed by atoms with E-state index < -0.39 is 0 Å². The number of amides is 2. The molecule has 0 aliphatic heterocycles. The highest BCUT2D eigenvalue weighted by atomic mass is 35.5. The first kappa shape index (κ1) is 17.7. The van der Waals surface area contributed by atoms with Gasteiger partial charge in [-0.2, -0.15) is 0 Å². The van der Waals surface area contributed by atoms with Crippen LogP contribution >= 0.6 is 11.6 Å². The maximum atomic E-state index is 12.5. The van der Waals surface area contributed by atoms with Gasteiger partial charge in [-0.15, -0.1) is 0 Å². The molecule has 0 atom stereocenters. The van der Waals surface area contributed by atoms with E-state index in [1.54, 1.807) is 48.5 Å². The van der Waals surface area contributed by atoms with Crippen molar-refractivity contribution in [2.45, 2.75) is 6.54 Å². The molecule has 0 fully saturated rings. The maximum absolute atomic E-state index is 12.5. The number of carbonyl (C=O) groups excluding carboxylic acids is 2. The molecule has 0 aromatic heterocycles. The van der Waals surface area contributed by atoms with E-state index in [4.69, 9.17) is 11.6 Å². The second kappa shape index (κ2) is 8.32. The quantitative estimate of drug-likeness (QED) is 0.699. The lowest BCUT2D eigenvalue weighted by atomic mass is 10.1. The normalized spacial score (nSPS) is 10.2. The lowest BCUT2D eigenvalue weighted by Crippen LogP contribution is -2.24. The predicted octanol–water partition coefficient (Wildman–Crippen LogP) is 4.52. The molecule has 0 bridgehead atoms. The van der Waals surface area contributed by atoms with E-state index in [1.165, 1.54) is 0 Å². The van der Waals surface area contributed by atoms with Gasteiger partial charge in [0.15, 0.2) is 0 Å². The van der Waals surface area contributed by atoms with Crippen molar-refractivity contribution in [2.75, 3.05) is 5.32 Å². The lowest BCUT2D eigenvalue weighted by molar-refractivity contribution is 0.0952. The predicted molar refractivity (Wildman–Crippen MR) is 103 cm³/mol. The summed E-state index contributed by atoms with van der Waals surface area (Å²) in [6.07, 6.45) is 0. The highest BCUT2D eigenvalue weighted by Crippen LogP contribution is 2.18. The summed E-state index contributed by atoms with van der Waals surface area (Å²) in [5, 5.41) is 6.12. The van der Waals surface area contributed by atoms with Crippen LogP contribution in [0.1, 0.15) is 26.3 Å². The summed E-state index contributed by atoms with van der Waals surface area (Å²) in [7, 11) is 0. The van der Waals surface area contributed by atoms with E-state index in [1.807, 2.05) is 30.3 Å². The third-order valence-corrected chi connectivity index (χ3v) is 4.04. The second-order valence-corrected chi connectivity index (χ2v) is 6.11. The minimum Gasteiger partial charge on any atom is -0.348 e. The van der Waals surface area contributed by atoms with Crippen molar-refractivity contribution in [3.05, 3.63) is 101 Å². The number of hydrogen-bond donors (Lipinski definition) is 2. The van der Waals surface area contributed by atoms with Crippen molar-refractivity contribution in [1.82, 2.24) is 5.32 Å². The Morgan fingerprint density at radius 1 is 0.808 bits per heavy atom. The van der Waals surface area contributed by atoms with Crippen LogP contribution < -0.4 is 10.6 Å². The third-order valence-electron chi connectivity index (χ3n) is 3.80. The molecule has 3 rings (SSSR count). The van der Waals surface area contributed by atoms with Gasteiger partial charge in [-0.3, -0.25) is 9.59 Å². The molecule has 0 aliphatic rings. The number of nitrogens with one attached hydrogen (secondary N) is 2. The Labute approximate surface area is 156 Å². The molecule has 0 aliphatic carbocycles. The standard InChI is InChI=1S/C21H17ClN2O2/c22-17-10-6-9-16(13-17)20(25)24-19-12-5-4-11-18(19)21(26)23-14-15-7-2-1-3-8-15/h1-13H,14H2,(H,23,26)(H,24,25). The first-order valence-corrected chi connectivity index (χ1v) is 8.49. The highest BCUT2D eigenvalue weighted by Gasteiger charge is 2.14. The molecule has 3 aromatic rings. The third kappa shape index (κ3) is 4.49. The average molecular weight is 365 g/mol. The largest absolute Gasteiger partial charge is 0.348 e. The fourth-order valence-corrected chi connectivity index (χ4v) is 2.68. The number of hydrogen-bond acceptors (Lipinski definition) is 2. The van der Waals surface area contributed by atoms with Crippen LogP contribution in [0.3, 0.4) is 0 Å². The van der Waals surface area contributed by atoms with Gasteiger partial charge in [-0.25, -0.2) is 0 Å². The van der Waals surface area contributed by atoms with Crippen LogP contribution in [0.15, 0.2) is 78.9 Å². The molecule has 5 heteroatoms. The molecule has 2 N–H and O–H groups in total. The Bertz CT molecular complexity index is 926. The van der Waals surface area contributed by atoms with Crippen LogP contribution in [0, 0.1) is 0 Å². The zero-order chi connectivity index (χ0) is 18.4. The summed E-state index contributed by atoms with van der Waals surface area (Å²) < 4.78 is 0. The molecule has 0 heterocycles. The summed E-state index contributed by atoms with van der Waals surface area (Å²) in [6.45, 7) is 0.413. The van der Waals surface area contributed by atoms with Crippen LogP contribution in [0.25, 0.3) is 0 Å². The average Bonchev–Trinajstić information content (AvgIpc) is 2.67. The zero-order valence-electron chi connectivity index (χ0n) is 13.9. The molecule has 0 saturated carbocycles. The Kier molecular flexibility index (Phi) is 5.66. The number of halogens is 1. The first-order chi connectivity index (χ1) is 12.6. The van der Waals surface area contributed by atoms with Gasteiger partial charge >= 0.3 is 0 Å². The molecular formula is C21H17ClN2O2. The molecule has 0 radical (unpaired) electrons. The summed E-state index contributed by atoms with van der Waals surface area (Å²) in [5.41, 5.74) is 2.28. The van der Waals surface area contributed by atoms with E-state index in [0.717, 1.165) is 5.56 Å². The Hall–Kier alpha value is -3.11. The summed E-state index contributed by atoms with van der Waals surface area (Å²) in [6, 6.07) is 23.2. The van der Waals surface area contributed by atoms with Crippen molar-refractivity contribution in [1.29, 1.82) is 0 Å². The monoisotopic (exact) mass is 364 g/mol. The van der Waals surface area contributed by atoms with Crippen molar-refractivity contribution >= 4 is 29.1 Å². The Balaban J connectivity index is 1.73. The topological polar surface area (TPSA) is 58.2 Å². The van der Waals surface area contributed by atoms with Crippen molar-refractivity contribution < 1.29 is 9.59 Å². The van der Waals surface area contributed by atoms with Crippen LogP contribution in [0.5, 0.6) is 0 Å². The number of benzene rings is 3. The summed E-state index contributed by atoms with van der Waals surface area (Å²) in [4.78, 5) is 24.9. The van der Waals surface area contributed by atoms with Crippen LogP contribution in [-0.4, -0.2) is 11.8 Å². The van der Waals surface area contributed by atoms with Gasteiger partial charge in [0, 0.05) is 17.1 Å². The molecule has 0 unspecified atom stereocenters. The van der Waals surface area contributed by atoms with Crippen molar-refractivity contribution in [3.63, 3.8) is 0 Å². The molecule has 130 valence electrons. The molecular weight excluding hydrogens is 348 g/mol. The Morgan fingerprint density at radius 2 is 1.54 bits per heavy atom. The molecule has 26 heavy (non-hydrogen) atoms.